The molecule has 10 heteroatoms. The van der Waals surface area contributed by atoms with Crippen LogP contribution in [0, 0.1) is 0 Å². The first kappa shape index (κ1) is 26.9. The van der Waals surface area contributed by atoms with E-state index in [0.717, 1.165) is 77.0 Å². The Bertz CT molecular complexity index is 659. The van der Waals surface area contributed by atoms with Crippen LogP contribution in [0.2, 0.25) is 0 Å². The molecular weight excluding hydrogens is 525 g/mol. The van der Waals surface area contributed by atoms with Gasteiger partial charge in [0.2, 0.25) is 5.91 Å². The van der Waals surface area contributed by atoms with Gasteiger partial charge < -0.3 is 29.0 Å². The minimum absolute atomic E-state index is 0. The fraction of sp³-hybridized carbons (Fsp3) is 0.727. The van der Waals surface area contributed by atoms with Crippen LogP contribution >= 0.6 is 24.0 Å². The second-order valence-corrected chi connectivity index (χ2v) is 7.77. The van der Waals surface area contributed by atoms with Crippen molar-refractivity contribution < 1.29 is 18.7 Å². The third-order valence-corrected chi connectivity index (χ3v) is 5.54. The molecule has 3 heterocycles. The van der Waals surface area contributed by atoms with Crippen molar-refractivity contribution in [3.8, 4) is 0 Å². The zero-order valence-corrected chi connectivity index (χ0v) is 21.5. The summed E-state index contributed by atoms with van der Waals surface area (Å²) in [6, 6.07) is 3.90. The summed E-state index contributed by atoms with van der Waals surface area (Å²) < 4.78 is 16.2. The molecule has 0 aliphatic carbocycles. The van der Waals surface area contributed by atoms with Crippen LogP contribution in [-0.2, 0) is 20.7 Å². The molecular formula is C22H38IN5O4. The molecule has 0 aromatic carbocycles. The van der Waals surface area contributed by atoms with Crippen LogP contribution in [0.3, 0.4) is 0 Å². The van der Waals surface area contributed by atoms with E-state index >= 15 is 0 Å². The lowest BCUT2D eigenvalue weighted by Gasteiger charge is -2.37. The standard InChI is InChI=1S/C22H37N5O4.HI/c1-2-29-15-4-7-23-22(24-8-6-20-5-3-16-31-20)27-11-9-25(10-12-27)19-21(28)26-13-17-30-18-14-26;/h3,5,16H,2,4,6-15,17-19H2,1H3,(H,23,24);1H. The Balaban J connectivity index is 0.00000363. The molecule has 1 aromatic heterocycles. The first-order chi connectivity index (χ1) is 15.3. The van der Waals surface area contributed by atoms with Gasteiger partial charge in [-0.2, -0.15) is 0 Å². The van der Waals surface area contributed by atoms with E-state index in [1.165, 1.54) is 0 Å². The number of carbonyl (C=O) groups excluding carboxylic acids is 1. The van der Waals surface area contributed by atoms with Crippen LogP contribution in [0.4, 0.5) is 0 Å². The Morgan fingerprint density at radius 1 is 1.16 bits per heavy atom. The molecule has 0 bridgehead atoms. The van der Waals surface area contributed by atoms with Crippen LogP contribution in [0.15, 0.2) is 27.8 Å². The lowest BCUT2D eigenvalue weighted by molar-refractivity contribution is -0.136. The highest BCUT2D eigenvalue weighted by Gasteiger charge is 2.24. The fourth-order valence-corrected chi connectivity index (χ4v) is 3.74. The number of hydrogen-bond donors (Lipinski definition) is 1. The van der Waals surface area contributed by atoms with Crippen LogP contribution in [0.25, 0.3) is 0 Å². The number of furan rings is 1. The molecule has 1 amide bonds. The zero-order valence-electron chi connectivity index (χ0n) is 19.2. The normalized spacial score (nSPS) is 17.8. The molecule has 3 rings (SSSR count). The monoisotopic (exact) mass is 563 g/mol. The Labute approximate surface area is 208 Å². The molecule has 182 valence electrons. The van der Waals surface area contributed by atoms with Crippen LogP contribution in [0.1, 0.15) is 19.1 Å². The first-order valence-electron chi connectivity index (χ1n) is 11.5. The minimum Gasteiger partial charge on any atom is -0.469 e. The highest BCUT2D eigenvalue weighted by Crippen LogP contribution is 2.06. The van der Waals surface area contributed by atoms with Gasteiger partial charge in [0, 0.05) is 72.0 Å². The average Bonchev–Trinajstić information content (AvgIpc) is 3.32. The van der Waals surface area contributed by atoms with Crippen molar-refractivity contribution in [2.24, 2.45) is 4.99 Å². The summed E-state index contributed by atoms with van der Waals surface area (Å²) in [6.07, 6.45) is 3.43. The number of ether oxygens (including phenoxy) is 2. The van der Waals surface area contributed by atoms with E-state index in [9.17, 15) is 4.79 Å². The van der Waals surface area contributed by atoms with Gasteiger partial charge >= 0.3 is 0 Å². The topological polar surface area (TPSA) is 82.8 Å². The molecule has 2 aliphatic heterocycles. The van der Waals surface area contributed by atoms with Gasteiger partial charge in [0.05, 0.1) is 26.0 Å². The molecule has 2 aliphatic rings. The lowest BCUT2D eigenvalue weighted by atomic mass is 10.3. The summed E-state index contributed by atoms with van der Waals surface area (Å²) in [6.45, 7) is 11.6. The first-order valence-corrected chi connectivity index (χ1v) is 11.5. The number of halogens is 1. The number of guanidine groups is 1. The van der Waals surface area contributed by atoms with E-state index in [1.807, 2.05) is 24.0 Å². The largest absolute Gasteiger partial charge is 0.469 e. The number of morpholine rings is 1. The molecule has 1 N–H and O–H groups in total. The Kier molecular flexibility index (Phi) is 13.0. The lowest BCUT2D eigenvalue weighted by Crippen LogP contribution is -2.55. The van der Waals surface area contributed by atoms with Crippen molar-refractivity contribution in [1.29, 1.82) is 0 Å². The fourth-order valence-electron chi connectivity index (χ4n) is 3.74. The number of hydrogen-bond acceptors (Lipinski definition) is 6. The maximum absolute atomic E-state index is 12.5. The summed E-state index contributed by atoms with van der Waals surface area (Å²) >= 11 is 0. The summed E-state index contributed by atoms with van der Waals surface area (Å²) in [5.41, 5.74) is 0. The van der Waals surface area contributed by atoms with Gasteiger partial charge in [0.15, 0.2) is 5.96 Å². The Hall–Kier alpha value is -1.37. The van der Waals surface area contributed by atoms with Crippen molar-refractivity contribution in [2.75, 3.05) is 85.3 Å². The smallest absolute Gasteiger partial charge is 0.236 e. The molecule has 1 aromatic rings. The van der Waals surface area contributed by atoms with Gasteiger partial charge in [-0.1, -0.05) is 0 Å². The van der Waals surface area contributed by atoms with E-state index in [-0.39, 0.29) is 29.9 Å². The second kappa shape index (κ2) is 15.5. The van der Waals surface area contributed by atoms with Gasteiger partial charge in [-0.25, -0.2) is 0 Å². The van der Waals surface area contributed by atoms with Crippen LogP contribution in [0.5, 0.6) is 0 Å². The molecule has 2 saturated heterocycles. The number of amides is 1. The number of aliphatic imine (C=N–C) groups is 1. The van der Waals surface area contributed by atoms with Crippen LogP contribution in [-0.4, -0.2) is 112 Å². The number of nitrogens with one attached hydrogen (secondary N) is 1. The predicted octanol–water partition coefficient (Wildman–Crippen LogP) is 1.29. The molecule has 0 atom stereocenters. The molecule has 0 spiro atoms. The van der Waals surface area contributed by atoms with Gasteiger partial charge in [-0.15, -0.1) is 24.0 Å². The Morgan fingerprint density at radius 2 is 1.94 bits per heavy atom. The summed E-state index contributed by atoms with van der Waals surface area (Å²) in [4.78, 5) is 23.8. The van der Waals surface area contributed by atoms with Gasteiger partial charge in [0.1, 0.15) is 5.76 Å². The Morgan fingerprint density at radius 3 is 2.62 bits per heavy atom. The molecule has 0 radical (unpaired) electrons. The van der Waals surface area contributed by atoms with E-state index in [1.54, 1.807) is 6.26 Å². The number of carbonyl (C=O) groups is 1. The van der Waals surface area contributed by atoms with Crippen molar-refractivity contribution in [2.45, 2.75) is 19.8 Å². The molecule has 32 heavy (non-hydrogen) atoms. The van der Waals surface area contributed by atoms with Gasteiger partial charge in [-0.05, 0) is 25.5 Å². The maximum atomic E-state index is 12.5. The SMILES string of the molecule is CCOCCCN=C(NCCc1ccco1)N1CCN(CC(=O)N2CCOCC2)CC1.I. The van der Waals surface area contributed by atoms with Gasteiger partial charge in [-0.3, -0.25) is 14.7 Å². The number of nitrogens with zero attached hydrogens (tertiary/aromatic N) is 4. The molecule has 2 fully saturated rings. The van der Waals surface area contributed by atoms with E-state index in [0.29, 0.717) is 32.8 Å². The second-order valence-electron chi connectivity index (χ2n) is 7.77. The highest BCUT2D eigenvalue weighted by molar-refractivity contribution is 14.0. The van der Waals surface area contributed by atoms with Crippen molar-refractivity contribution in [1.82, 2.24) is 20.0 Å². The van der Waals surface area contributed by atoms with Crippen LogP contribution < -0.4 is 5.32 Å². The zero-order chi connectivity index (χ0) is 21.7. The minimum atomic E-state index is 0. The summed E-state index contributed by atoms with van der Waals surface area (Å²) in [7, 11) is 0. The van der Waals surface area contributed by atoms with Gasteiger partial charge in [0.25, 0.3) is 0 Å². The molecule has 0 unspecified atom stereocenters. The average molecular weight is 563 g/mol. The third kappa shape index (κ3) is 9.24. The quantitative estimate of drug-likeness (QED) is 0.199. The van der Waals surface area contributed by atoms with Crippen molar-refractivity contribution in [3.05, 3.63) is 24.2 Å². The van der Waals surface area contributed by atoms with Crippen molar-refractivity contribution in [3.63, 3.8) is 0 Å². The summed E-state index contributed by atoms with van der Waals surface area (Å²) in [5.74, 6) is 2.11. The molecule has 0 saturated carbocycles. The predicted molar refractivity (Wildman–Crippen MR) is 135 cm³/mol. The maximum Gasteiger partial charge on any atom is 0.236 e. The van der Waals surface area contributed by atoms with E-state index < -0.39 is 0 Å². The highest BCUT2D eigenvalue weighted by atomic mass is 127. The number of piperazine rings is 1. The third-order valence-electron chi connectivity index (χ3n) is 5.54. The number of rotatable bonds is 10. The van der Waals surface area contributed by atoms with Crippen molar-refractivity contribution >= 4 is 35.8 Å². The van der Waals surface area contributed by atoms with E-state index in [2.05, 4.69) is 15.1 Å². The summed E-state index contributed by atoms with van der Waals surface area (Å²) in [5, 5.41) is 3.49. The van der Waals surface area contributed by atoms with E-state index in [4.69, 9.17) is 18.9 Å². The molecule has 9 nitrogen and oxygen atoms in total.